The van der Waals surface area contributed by atoms with Crippen LogP contribution in [-0.2, 0) is 29.0 Å². The van der Waals surface area contributed by atoms with Gasteiger partial charge >= 0.3 is 5.97 Å². The molecule has 1 fully saturated rings. The zero-order chi connectivity index (χ0) is 21.2. The Kier molecular flexibility index (Phi) is 8.23. The van der Waals surface area contributed by atoms with Gasteiger partial charge < -0.3 is 19.5 Å². The molecule has 1 aliphatic rings. The molecule has 1 N–H and O–H groups in total. The van der Waals surface area contributed by atoms with Gasteiger partial charge in [-0.3, -0.25) is 4.79 Å². The zero-order valence-electron chi connectivity index (χ0n) is 18.0. The van der Waals surface area contributed by atoms with Crippen LogP contribution in [0.25, 0.3) is 0 Å². The van der Waals surface area contributed by atoms with Gasteiger partial charge in [0.25, 0.3) is 0 Å². The lowest BCUT2D eigenvalue weighted by Crippen LogP contribution is -2.47. The molecule has 0 atom stereocenters. The molecule has 1 aliphatic heterocycles. The van der Waals surface area contributed by atoms with Crippen LogP contribution in [0, 0.1) is 5.92 Å². The number of likely N-dealkylation sites (tertiary alicyclic amines) is 1. The molecule has 1 aromatic heterocycles. The molecule has 0 spiro atoms. The van der Waals surface area contributed by atoms with Crippen molar-refractivity contribution in [1.82, 2.24) is 25.0 Å². The number of nitrogens with one attached hydrogen (secondary N) is 1. The number of carbonyl (C=O) groups is 1. The average Bonchev–Trinajstić information content (AvgIpc) is 3.24. The quantitative estimate of drug-likeness (QED) is 0.407. The van der Waals surface area contributed by atoms with E-state index < -0.39 is 0 Å². The van der Waals surface area contributed by atoms with Crippen LogP contribution in [0.2, 0.25) is 0 Å². The number of nitrogens with zero attached hydrogens (tertiary/aromatic N) is 5. The van der Waals surface area contributed by atoms with E-state index in [2.05, 4.69) is 44.0 Å². The van der Waals surface area contributed by atoms with Crippen LogP contribution in [0.5, 0.6) is 0 Å². The highest BCUT2D eigenvalue weighted by molar-refractivity contribution is 5.80. The first kappa shape index (κ1) is 21.8. The van der Waals surface area contributed by atoms with Crippen molar-refractivity contribution in [3.63, 3.8) is 0 Å². The second-order valence-corrected chi connectivity index (χ2v) is 7.36. The standard InChI is InChI=1S/C22H32N6O2/c1-3-20-26-25-17-28(20)15-12-23-22(24-16-18-8-6-5-7-9-18)27-13-10-19(11-14-27)21(29)30-4-2/h5-9,17,19H,3-4,10-16H2,1-2H3,(H,23,24). The van der Waals surface area contributed by atoms with Gasteiger partial charge in [0.15, 0.2) is 5.96 Å². The second kappa shape index (κ2) is 11.3. The normalized spacial score (nSPS) is 15.3. The van der Waals surface area contributed by atoms with E-state index in [4.69, 9.17) is 9.73 Å². The summed E-state index contributed by atoms with van der Waals surface area (Å²) >= 11 is 0. The van der Waals surface area contributed by atoms with Gasteiger partial charge in [0.1, 0.15) is 12.2 Å². The molecule has 30 heavy (non-hydrogen) atoms. The summed E-state index contributed by atoms with van der Waals surface area (Å²) in [5.41, 5.74) is 1.17. The SMILES string of the molecule is CCOC(=O)C1CCN(C(=NCc2ccccc2)NCCn2cnnc2CC)CC1. The van der Waals surface area contributed by atoms with Crippen molar-refractivity contribution in [2.75, 3.05) is 26.2 Å². The summed E-state index contributed by atoms with van der Waals surface area (Å²) in [4.78, 5) is 19.1. The Morgan fingerprint density at radius 1 is 1.23 bits per heavy atom. The highest BCUT2D eigenvalue weighted by Crippen LogP contribution is 2.19. The van der Waals surface area contributed by atoms with E-state index in [0.29, 0.717) is 13.2 Å². The van der Waals surface area contributed by atoms with Crippen LogP contribution >= 0.6 is 0 Å². The lowest BCUT2D eigenvalue weighted by Gasteiger charge is -2.33. The maximum atomic E-state index is 12.0. The van der Waals surface area contributed by atoms with Crippen LogP contribution in [0.1, 0.15) is 38.1 Å². The van der Waals surface area contributed by atoms with Crippen molar-refractivity contribution in [2.24, 2.45) is 10.9 Å². The summed E-state index contributed by atoms with van der Waals surface area (Å²) in [5.74, 6) is 1.77. The Balaban J connectivity index is 1.61. The van der Waals surface area contributed by atoms with Gasteiger partial charge in [0.05, 0.1) is 19.1 Å². The molecule has 0 amide bonds. The zero-order valence-corrected chi connectivity index (χ0v) is 18.0. The van der Waals surface area contributed by atoms with E-state index in [-0.39, 0.29) is 11.9 Å². The maximum absolute atomic E-state index is 12.0. The first-order chi connectivity index (χ1) is 14.7. The lowest BCUT2D eigenvalue weighted by atomic mass is 9.97. The first-order valence-electron chi connectivity index (χ1n) is 10.8. The van der Waals surface area contributed by atoms with Gasteiger partial charge in [0.2, 0.25) is 0 Å². The summed E-state index contributed by atoms with van der Waals surface area (Å²) in [5, 5.41) is 11.6. The van der Waals surface area contributed by atoms with Crippen molar-refractivity contribution >= 4 is 11.9 Å². The Hall–Kier alpha value is -2.90. The number of esters is 1. The summed E-state index contributed by atoms with van der Waals surface area (Å²) in [6, 6.07) is 10.2. The lowest BCUT2D eigenvalue weighted by molar-refractivity contribution is -0.149. The molecule has 2 aromatic rings. The van der Waals surface area contributed by atoms with Crippen molar-refractivity contribution in [3.8, 4) is 0 Å². The fourth-order valence-electron chi connectivity index (χ4n) is 3.63. The fraction of sp³-hybridized carbons (Fsp3) is 0.545. The van der Waals surface area contributed by atoms with Crippen molar-refractivity contribution < 1.29 is 9.53 Å². The number of hydrogen-bond acceptors (Lipinski definition) is 5. The number of aromatic nitrogens is 3. The number of rotatable bonds is 8. The van der Waals surface area contributed by atoms with Gasteiger partial charge in [-0.25, -0.2) is 4.99 Å². The maximum Gasteiger partial charge on any atom is 0.309 e. The van der Waals surface area contributed by atoms with E-state index in [0.717, 1.165) is 57.2 Å². The van der Waals surface area contributed by atoms with Crippen molar-refractivity contribution in [1.29, 1.82) is 0 Å². The number of aliphatic imine (C=N–C) groups is 1. The van der Waals surface area contributed by atoms with E-state index in [1.54, 1.807) is 6.33 Å². The molecule has 8 nitrogen and oxygen atoms in total. The third-order valence-corrected chi connectivity index (χ3v) is 5.32. The third-order valence-electron chi connectivity index (χ3n) is 5.32. The molecular weight excluding hydrogens is 380 g/mol. The summed E-state index contributed by atoms with van der Waals surface area (Å²) < 4.78 is 7.26. The van der Waals surface area contributed by atoms with Gasteiger partial charge in [-0.2, -0.15) is 0 Å². The molecular formula is C22H32N6O2. The number of guanidine groups is 1. The van der Waals surface area contributed by atoms with E-state index in [9.17, 15) is 4.79 Å². The van der Waals surface area contributed by atoms with E-state index >= 15 is 0 Å². The molecule has 3 rings (SSSR count). The van der Waals surface area contributed by atoms with Crippen LogP contribution in [-0.4, -0.2) is 57.8 Å². The number of ether oxygens (including phenoxy) is 1. The minimum Gasteiger partial charge on any atom is -0.466 e. The number of carbonyl (C=O) groups excluding carboxylic acids is 1. The van der Waals surface area contributed by atoms with Gasteiger partial charge in [-0.15, -0.1) is 10.2 Å². The smallest absolute Gasteiger partial charge is 0.309 e. The minimum absolute atomic E-state index is 0.0132. The van der Waals surface area contributed by atoms with E-state index in [1.165, 1.54) is 5.56 Å². The minimum atomic E-state index is -0.0763. The number of hydrogen-bond donors (Lipinski definition) is 1. The average molecular weight is 413 g/mol. The van der Waals surface area contributed by atoms with Gasteiger partial charge in [-0.05, 0) is 25.3 Å². The molecule has 1 aromatic carbocycles. The predicted octanol–water partition coefficient (Wildman–Crippen LogP) is 2.26. The molecule has 0 radical (unpaired) electrons. The molecule has 0 saturated carbocycles. The highest BCUT2D eigenvalue weighted by atomic mass is 16.5. The number of piperidine rings is 1. The molecule has 2 heterocycles. The van der Waals surface area contributed by atoms with Crippen LogP contribution in [0.4, 0.5) is 0 Å². The van der Waals surface area contributed by atoms with Gasteiger partial charge in [-0.1, -0.05) is 37.3 Å². The molecule has 0 unspecified atom stereocenters. The topological polar surface area (TPSA) is 84.6 Å². The molecule has 8 heteroatoms. The fourth-order valence-corrected chi connectivity index (χ4v) is 3.63. The van der Waals surface area contributed by atoms with E-state index in [1.807, 2.05) is 25.1 Å². The third kappa shape index (κ3) is 6.05. The van der Waals surface area contributed by atoms with Crippen molar-refractivity contribution in [2.45, 2.75) is 46.2 Å². The summed E-state index contributed by atoms with van der Waals surface area (Å²) in [6.07, 6.45) is 4.20. The molecule has 1 saturated heterocycles. The highest BCUT2D eigenvalue weighted by Gasteiger charge is 2.27. The Morgan fingerprint density at radius 2 is 2.00 bits per heavy atom. The summed E-state index contributed by atoms with van der Waals surface area (Å²) in [7, 11) is 0. The van der Waals surface area contributed by atoms with Gasteiger partial charge in [0, 0.05) is 32.6 Å². The number of aryl methyl sites for hydroxylation is 1. The first-order valence-corrected chi connectivity index (χ1v) is 10.8. The molecule has 0 aliphatic carbocycles. The van der Waals surface area contributed by atoms with Crippen LogP contribution < -0.4 is 5.32 Å². The van der Waals surface area contributed by atoms with Crippen LogP contribution in [0.15, 0.2) is 41.7 Å². The largest absolute Gasteiger partial charge is 0.466 e. The monoisotopic (exact) mass is 412 g/mol. The second-order valence-electron chi connectivity index (χ2n) is 7.36. The Bertz CT molecular complexity index is 812. The van der Waals surface area contributed by atoms with Crippen molar-refractivity contribution in [3.05, 3.63) is 48.0 Å². The predicted molar refractivity (Wildman–Crippen MR) is 116 cm³/mol. The Labute approximate surface area is 178 Å². The summed E-state index contributed by atoms with van der Waals surface area (Å²) in [6.45, 7) is 8.07. The van der Waals surface area contributed by atoms with Crippen LogP contribution in [0.3, 0.4) is 0 Å². The molecule has 0 bridgehead atoms. The number of benzene rings is 1. The molecule has 162 valence electrons. The Morgan fingerprint density at radius 3 is 2.70 bits per heavy atom.